The van der Waals surface area contributed by atoms with Crippen LogP contribution in [-0.2, 0) is 54.6 Å². The Hall–Kier alpha value is 1.09. The molecule has 0 rings (SSSR count). The predicted molar refractivity (Wildman–Crippen MR) is 2.06 cm³/mol. The van der Waals surface area contributed by atoms with E-state index in [1.807, 2.05) is 0 Å². The van der Waals surface area contributed by atoms with Gasteiger partial charge < -0.3 is 16.4 Å². The van der Waals surface area contributed by atoms with Gasteiger partial charge in [-0.15, -0.1) is 0 Å². The molecule has 0 saturated heterocycles. The fraction of sp³-hybridized carbons (Fsp3) is 0. The molecule has 0 N–H and O–H groups in total. The van der Waals surface area contributed by atoms with Gasteiger partial charge in [-0.05, 0) is 0 Å². The van der Waals surface area contributed by atoms with E-state index in [9.17, 15) is 0 Å². The topological polar surface area (TPSA) is 85.5 Å². The van der Waals surface area contributed by atoms with Crippen molar-refractivity contribution in [2.75, 3.05) is 0 Å². The van der Waals surface area contributed by atoms with Crippen LogP contribution in [0.4, 0.5) is 0 Å². The van der Waals surface area contributed by atoms with Crippen LogP contribution in [0.2, 0.25) is 0 Å². The average molecular weight is 207 g/mol. The Balaban J connectivity index is 0. The van der Waals surface area contributed by atoms with Gasteiger partial charge in [-0.1, -0.05) is 0 Å². The van der Waals surface area contributed by atoms with Gasteiger partial charge in [-0.25, -0.2) is 0 Å². The van der Waals surface area contributed by atoms with Crippen molar-refractivity contribution in [3.63, 3.8) is 0 Å². The maximum Gasteiger partial charge on any atom is 6.00 e. The Morgan fingerprint density at radius 2 is 0.600 bits per heavy atom. The summed E-state index contributed by atoms with van der Waals surface area (Å²) in [6.07, 6.45) is 0. The third kappa shape index (κ3) is 41.0. The molecule has 0 aromatic heterocycles. The number of hydrogen-bond donors (Lipinski definition) is 0. The molecule has 0 aliphatic carbocycles. The van der Waals surface area contributed by atoms with E-state index in [-0.39, 0.29) is 54.6 Å². The van der Waals surface area contributed by atoms with E-state index < -0.39 is 0 Å². The van der Waals surface area contributed by atoms with Gasteiger partial charge in [0.2, 0.25) is 0 Å². The van der Waals surface area contributed by atoms with E-state index in [2.05, 4.69) is 0 Å². The molecule has 0 unspecified atom stereocenters. The van der Waals surface area contributed by atoms with Gasteiger partial charge in [0.05, 0.1) is 0 Å². The molecule has 35 valence electrons. The molecule has 0 spiro atoms. The molecule has 0 aromatic rings. The Morgan fingerprint density at radius 1 is 0.600 bits per heavy atom. The van der Waals surface area contributed by atoms with E-state index in [1.54, 1.807) is 0 Å². The zero-order chi connectivity index (χ0) is 0. The monoisotopic (exact) mass is 209 g/mol. The van der Waals surface area contributed by atoms with Crippen molar-refractivity contribution >= 4 is 0 Å². The fourth-order valence-corrected chi connectivity index (χ4v) is 0. The van der Waals surface area contributed by atoms with Gasteiger partial charge in [-0.2, -0.15) is 0 Å². The number of hydrogen-bond acceptors (Lipinski definition) is 0. The van der Waals surface area contributed by atoms with Crippen molar-refractivity contribution < 1.29 is 54.6 Å². The van der Waals surface area contributed by atoms with E-state index in [0.717, 1.165) is 0 Å². The van der Waals surface area contributed by atoms with E-state index in [0.29, 0.717) is 0 Å². The minimum atomic E-state index is 0. The van der Waals surface area contributed by atoms with Gasteiger partial charge in [0, 0.05) is 17.1 Å². The quantitative estimate of drug-likeness (QED) is 0.486. The van der Waals surface area contributed by atoms with E-state index in [4.69, 9.17) is 0 Å². The standard InChI is InChI=1S/Cu.Mo.3O/q;+6;3*-2. The molecule has 0 aliphatic heterocycles. The molecule has 0 atom stereocenters. The second-order valence-electron chi connectivity index (χ2n) is 0. The predicted octanol–water partition coefficient (Wildman–Crippen LogP) is -0.361. The molecule has 0 aromatic carbocycles. The summed E-state index contributed by atoms with van der Waals surface area (Å²) in [5, 5.41) is 0. The molecule has 3 nitrogen and oxygen atoms in total. The molecule has 5 heavy (non-hydrogen) atoms. The Kier molecular flexibility index (Phi) is 1910. The summed E-state index contributed by atoms with van der Waals surface area (Å²) < 4.78 is 0. The Labute approximate surface area is 54.8 Å². The van der Waals surface area contributed by atoms with Gasteiger partial charge in [0.15, 0.2) is 0 Å². The zero-order valence-corrected chi connectivity index (χ0v) is 4.88. The first-order chi connectivity index (χ1) is 0. The van der Waals surface area contributed by atoms with E-state index in [1.165, 1.54) is 0 Å². The zero-order valence-electron chi connectivity index (χ0n) is 1.93. The van der Waals surface area contributed by atoms with Crippen LogP contribution in [0.3, 0.4) is 0 Å². The van der Waals surface area contributed by atoms with Gasteiger partial charge in [-0.3, -0.25) is 0 Å². The molecular weight excluding hydrogens is 207 g/mol. The van der Waals surface area contributed by atoms with Gasteiger partial charge in [0.25, 0.3) is 0 Å². The van der Waals surface area contributed by atoms with Crippen molar-refractivity contribution in [2.24, 2.45) is 0 Å². The van der Waals surface area contributed by atoms with Crippen LogP contribution in [0.1, 0.15) is 0 Å². The molecule has 0 saturated carbocycles. The summed E-state index contributed by atoms with van der Waals surface area (Å²) in [7, 11) is 0. The third-order valence-corrected chi connectivity index (χ3v) is 0. The first kappa shape index (κ1) is 133. The molecule has 0 amide bonds. The molecular formula is CuMoO3. The summed E-state index contributed by atoms with van der Waals surface area (Å²) >= 11 is 0. The second kappa shape index (κ2) is 71.8. The van der Waals surface area contributed by atoms with Crippen molar-refractivity contribution in [1.29, 1.82) is 0 Å². The molecule has 1 radical (unpaired) electrons. The smallest absolute Gasteiger partial charge is 2.00 e. The number of rotatable bonds is 0. The van der Waals surface area contributed by atoms with Gasteiger partial charge >= 0.3 is 21.1 Å². The first-order valence-electron chi connectivity index (χ1n) is 0. The summed E-state index contributed by atoms with van der Waals surface area (Å²) in [5.41, 5.74) is 0. The van der Waals surface area contributed by atoms with Crippen molar-refractivity contribution in [3.05, 3.63) is 0 Å². The minimum Gasteiger partial charge on any atom is -2.00 e. The molecule has 0 bridgehead atoms. The maximum absolute atomic E-state index is 0. The van der Waals surface area contributed by atoms with Crippen LogP contribution < -0.4 is 0 Å². The molecule has 5 heteroatoms. The maximum atomic E-state index is 0. The Morgan fingerprint density at radius 3 is 0.600 bits per heavy atom. The van der Waals surface area contributed by atoms with Crippen molar-refractivity contribution in [3.8, 4) is 0 Å². The van der Waals surface area contributed by atoms with Crippen LogP contribution in [-0.4, -0.2) is 0 Å². The summed E-state index contributed by atoms with van der Waals surface area (Å²) in [6, 6.07) is 0. The van der Waals surface area contributed by atoms with Crippen LogP contribution in [0.5, 0.6) is 0 Å². The average Bonchev–Trinajstić information content (AvgIpc) is 0. The fourth-order valence-electron chi connectivity index (χ4n) is 0. The van der Waals surface area contributed by atoms with Crippen LogP contribution >= 0.6 is 0 Å². The second-order valence-corrected chi connectivity index (χ2v) is 0. The summed E-state index contributed by atoms with van der Waals surface area (Å²) in [5.74, 6) is 0. The minimum absolute atomic E-state index is 0. The van der Waals surface area contributed by atoms with Gasteiger partial charge in [0.1, 0.15) is 0 Å². The normalized spacial score (nSPS) is 0. The van der Waals surface area contributed by atoms with E-state index >= 15 is 0 Å². The van der Waals surface area contributed by atoms with Crippen LogP contribution in [0.15, 0.2) is 0 Å². The molecule has 0 aliphatic rings. The Bertz CT molecular complexity index is 6.85. The SMILES string of the molecule is [Cu].[Mo+6].[O-2].[O-2].[O-2]. The summed E-state index contributed by atoms with van der Waals surface area (Å²) in [4.78, 5) is 0. The largest absolute Gasteiger partial charge is 6.00 e. The molecule has 0 fully saturated rings. The summed E-state index contributed by atoms with van der Waals surface area (Å²) in [6.45, 7) is 0. The van der Waals surface area contributed by atoms with Crippen LogP contribution in [0.25, 0.3) is 0 Å². The molecule has 0 heterocycles. The first-order valence-corrected chi connectivity index (χ1v) is 0. The van der Waals surface area contributed by atoms with Crippen molar-refractivity contribution in [2.45, 2.75) is 0 Å². The van der Waals surface area contributed by atoms with Crippen molar-refractivity contribution in [1.82, 2.24) is 0 Å². The van der Waals surface area contributed by atoms with Crippen LogP contribution in [0, 0.1) is 0 Å². The third-order valence-electron chi connectivity index (χ3n) is 0.